The van der Waals surface area contributed by atoms with Crippen LogP contribution in [-0.4, -0.2) is 54.3 Å². The van der Waals surface area contributed by atoms with Crippen molar-refractivity contribution in [1.82, 2.24) is 9.80 Å². The second-order valence-electron chi connectivity index (χ2n) is 7.21. The van der Waals surface area contributed by atoms with Crippen molar-refractivity contribution in [1.29, 1.82) is 0 Å². The predicted octanol–water partition coefficient (Wildman–Crippen LogP) is 2.98. The van der Waals surface area contributed by atoms with E-state index in [1.165, 1.54) is 43.9 Å². The van der Waals surface area contributed by atoms with E-state index in [0.717, 1.165) is 19.6 Å². The van der Waals surface area contributed by atoms with Crippen LogP contribution in [-0.2, 0) is 9.59 Å². The zero-order valence-electron chi connectivity index (χ0n) is 15.5. The Morgan fingerprint density at radius 1 is 1.27 bits per heavy atom. The summed E-state index contributed by atoms with van der Waals surface area (Å²) in [6, 6.07) is 4.22. The lowest BCUT2D eigenvalue weighted by atomic mass is 9.89. The van der Waals surface area contributed by atoms with Gasteiger partial charge in [-0.2, -0.15) is 0 Å². The third-order valence-corrected chi connectivity index (χ3v) is 5.43. The van der Waals surface area contributed by atoms with Crippen LogP contribution in [0.2, 0.25) is 0 Å². The molecule has 2 amide bonds. The number of carbonyl (C=O) groups is 2. The van der Waals surface area contributed by atoms with E-state index in [4.69, 9.17) is 0 Å². The van der Waals surface area contributed by atoms with E-state index in [1.54, 1.807) is 0 Å². The lowest BCUT2D eigenvalue weighted by Crippen LogP contribution is -2.42. The molecule has 26 heavy (non-hydrogen) atoms. The Balaban J connectivity index is 1.70. The van der Waals surface area contributed by atoms with Crippen molar-refractivity contribution in [2.24, 2.45) is 0 Å². The van der Waals surface area contributed by atoms with Gasteiger partial charge in [-0.1, -0.05) is 12.8 Å². The maximum atomic E-state index is 13.7. The van der Waals surface area contributed by atoms with E-state index in [2.05, 4.69) is 10.2 Å². The van der Waals surface area contributed by atoms with E-state index < -0.39 is 5.92 Å². The molecule has 1 N–H and O–H groups in total. The summed E-state index contributed by atoms with van der Waals surface area (Å²) in [5.74, 6) is -1.25. The van der Waals surface area contributed by atoms with E-state index in [-0.39, 0.29) is 24.1 Å². The van der Waals surface area contributed by atoms with Gasteiger partial charge in [0.1, 0.15) is 5.82 Å². The summed E-state index contributed by atoms with van der Waals surface area (Å²) >= 11 is 0. The third-order valence-electron chi connectivity index (χ3n) is 5.43. The largest absolute Gasteiger partial charge is 0.341 e. The molecule has 2 aliphatic heterocycles. The molecule has 1 aromatic rings. The molecule has 5 nitrogen and oxygen atoms in total. The predicted molar refractivity (Wildman–Crippen MR) is 99.5 cm³/mol. The van der Waals surface area contributed by atoms with Gasteiger partial charge in [0.15, 0.2) is 0 Å². The summed E-state index contributed by atoms with van der Waals surface area (Å²) in [7, 11) is 0. The van der Waals surface area contributed by atoms with Crippen molar-refractivity contribution in [2.45, 2.75) is 44.9 Å². The van der Waals surface area contributed by atoms with Crippen LogP contribution in [0.15, 0.2) is 18.2 Å². The van der Waals surface area contributed by atoms with Gasteiger partial charge in [0.25, 0.3) is 0 Å². The van der Waals surface area contributed by atoms with E-state index in [0.29, 0.717) is 24.3 Å². The molecule has 0 spiro atoms. The van der Waals surface area contributed by atoms with Gasteiger partial charge >= 0.3 is 0 Å². The Hall–Kier alpha value is -1.95. The molecule has 0 aliphatic carbocycles. The van der Waals surface area contributed by atoms with Crippen LogP contribution >= 0.6 is 0 Å². The highest BCUT2D eigenvalue weighted by molar-refractivity contribution is 6.01. The number of likely N-dealkylation sites (N-methyl/N-ethyl adjacent to an activating group) is 1. The first kappa shape index (κ1) is 18.8. The summed E-state index contributed by atoms with van der Waals surface area (Å²) in [5, 5.41) is 2.73. The Kier molecular flexibility index (Phi) is 6.25. The van der Waals surface area contributed by atoms with E-state index in [9.17, 15) is 14.0 Å². The molecule has 1 aromatic carbocycles. The summed E-state index contributed by atoms with van der Waals surface area (Å²) in [6.07, 6.45) is 5.08. The van der Waals surface area contributed by atoms with Gasteiger partial charge in [0.2, 0.25) is 11.8 Å². The number of hydrogen-bond acceptors (Lipinski definition) is 3. The first-order chi connectivity index (χ1) is 12.6. The molecular formula is C20H28FN3O2. The molecule has 6 heteroatoms. The average Bonchev–Trinajstić information content (AvgIpc) is 2.90. The molecule has 0 radical (unpaired) electrons. The van der Waals surface area contributed by atoms with Crippen molar-refractivity contribution < 1.29 is 14.0 Å². The fourth-order valence-corrected chi connectivity index (χ4v) is 3.92. The SMILES string of the molecule is CCN(CCN1CCCCCC1)C(=O)[C@@H]1CC(=O)Nc2ccc(F)cc21. The molecule has 1 saturated heterocycles. The number of benzene rings is 1. The fraction of sp³-hybridized carbons (Fsp3) is 0.600. The number of likely N-dealkylation sites (tertiary alicyclic amines) is 1. The van der Waals surface area contributed by atoms with Crippen LogP contribution in [0.5, 0.6) is 0 Å². The number of amides is 2. The number of anilines is 1. The Bertz CT molecular complexity index is 656. The summed E-state index contributed by atoms with van der Waals surface area (Å²) in [6.45, 7) is 6.23. The third kappa shape index (κ3) is 4.41. The van der Waals surface area contributed by atoms with Gasteiger partial charge in [-0.3, -0.25) is 9.59 Å². The zero-order chi connectivity index (χ0) is 18.5. The van der Waals surface area contributed by atoms with Gasteiger partial charge in [-0.05, 0) is 56.6 Å². The van der Waals surface area contributed by atoms with E-state index >= 15 is 0 Å². The van der Waals surface area contributed by atoms with Crippen molar-refractivity contribution in [2.75, 3.05) is 38.0 Å². The Labute approximate surface area is 154 Å². The van der Waals surface area contributed by atoms with Crippen molar-refractivity contribution in [3.63, 3.8) is 0 Å². The molecule has 0 aromatic heterocycles. The standard InChI is InChI=1S/C20H28FN3O2/c1-2-24(12-11-23-9-5-3-4-6-10-23)20(26)17-14-19(25)22-18-8-7-15(21)13-16(17)18/h7-8,13,17H,2-6,9-12,14H2,1H3,(H,22,25)/t17-/m1/s1. The summed E-state index contributed by atoms with van der Waals surface area (Å²) in [4.78, 5) is 29.3. The second-order valence-corrected chi connectivity index (χ2v) is 7.21. The molecule has 2 heterocycles. The quantitative estimate of drug-likeness (QED) is 0.877. The molecule has 1 fully saturated rings. The maximum absolute atomic E-state index is 13.7. The van der Waals surface area contributed by atoms with E-state index in [1.807, 2.05) is 11.8 Å². The topological polar surface area (TPSA) is 52.7 Å². The molecular weight excluding hydrogens is 333 g/mol. The second kappa shape index (κ2) is 8.62. The summed E-state index contributed by atoms with van der Waals surface area (Å²) in [5.41, 5.74) is 1.13. The van der Waals surface area contributed by atoms with Crippen LogP contribution < -0.4 is 5.32 Å². The van der Waals surface area contributed by atoms with Gasteiger partial charge in [-0.25, -0.2) is 4.39 Å². The number of carbonyl (C=O) groups excluding carboxylic acids is 2. The van der Waals surface area contributed by atoms with Gasteiger partial charge in [0, 0.05) is 31.7 Å². The number of halogens is 1. The first-order valence-corrected chi connectivity index (χ1v) is 9.69. The highest BCUT2D eigenvalue weighted by Gasteiger charge is 2.33. The monoisotopic (exact) mass is 361 g/mol. The van der Waals surface area contributed by atoms with Crippen LogP contribution in [0, 0.1) is 5.82 Å². The lowest BCUT2D eigenvalue weighted by Gasteiger charge is -2.31. The van der Waals surface area contributed by atoms with Gasteiger partial charge < -0.3 is 15.1 Å². The maximum Gasteiger partial charge on any atom is 0.230 e. The molecule has 1 atom stereocenters. The minimum Gasteiger partial charge on any atom is -0.341 e. The highest BCUT2D eigenvalue weighted by atomic mass is 19.1. The van der Waals surface area contributed by atoms with Crippen LogP contribution in [0.4, 0.5) is 10.1 Å². The van der Waals surface area contributed by atoms with Gasteiger partial charge in [-0.15, -0.1) is 0 Å². The number of rotatable bonds is 5. The number of nitrogens with zero attached hydrogens (tertiary/aromatic N) is 2. The normalized spacial score (nSPS) is 20.8. The molecule has 0 saturated carbocycles. The fourth-order valence-electron chi connectivity index (χ4n) is 3.92. The van der Waals surface area contributed by atoms with Crippen molar-refractivity contribution in [3.05, 3.63) is 29.6 Å². The Morgan fingerprint density at radius 2 is 2.00 bits per heavy atom. The molecule has 0 unspecified atom stereocenters. The molecule has 142 valence electrons. The molecule has 3 rings (SSSR count). The lowest BCUT2D eigenvalue weighted by molar-refractivity contribution is -0.135. The van der Waals surface area contributed by atoms with Crippen molar-refractivity contribution in [3.8, 4) is 0 Å². The Morgan fingerprint density at radius 3 is 2.69 bits per heavy atom. The summed E-state index contributed by atoms with van der Waals surface area (Å²) < 4.78 is 13.7. The van der Waals surface area contributed by atoms with Crippen LogP contribution in [0.25, 0.3) is 0 Å². The molecule has 2 aliphatic rings. The number of nitrogens with one attached hydrogen (secondary N) is 1. The number of fused-ring (bicyclic) bond motifs is 1. The average molecular weight is 361 g/mol. The first-order valence-electron chi connectivity index (χ1n) is 9.69. The molecule has 0 bridgehead atoms. The minimum atomic E-state index is -0.599. The van der Waals surface area contributed by atoms with Crippen LogP contribution in [0.3, 0.4) is 0 Å². The zero-order valence-corrected chi connectivity index (χ0v) is 15.5. The van der Waals surface area contributed by atoms with Crippen LogP contribution in [0.1, 0.15) is 50.5 Å². The van der Waals surface area contributed by atoms with Gasteiger partial charge in [0.05, 0.1) is 5.92 Å². The number of hydrogen-bond donors (Lipinski definition) is 1. The highest BCUT2D eigenvalue weighted by Crippen LogP contribution is 2.34. The minimum absolute atomic E-state index is 0.0789. The smallest absolute Gasteiger partial charge is 0.230 e. The van der Waals surface area contributed by atoms with Crippen molar-refractivity contribution >= 4 is 17.5 Å².